The quantitative estimate of drug-likeness (QED) is 0.558. The molecule has 0 unspecified atom stereocenters. The maximum atomic E-state index is 10.5. The zero-order valence-electron chi connectivity index (χ0n) is 9.88. The van der Waals surface area contributed by atoms with Crippen molar-refractivity contribution in [3.05, 3.63) is 11.5 Å². The van der Waals surface area contributed by atoms with Crippen molar-refractivity contribution < 1.29 is 4.79 Å². The van der Waals surface area contributed by atoms with Gasteiger partial charge in [-0.25, -0.2) is 0 Å². The largest absolute Gasteiger partial charge is 0.356 e. The molecule has 2 nitrogen and oxygen atoms in total. The van der Waals surface area contributed by atoms with Gasteiger partial charge in [0.1, 0.15) is 0 Å². The Morgan fingerprint density at radius 3 is 2.73 bits per heavy atom. The second-order valence-electron chi connectivity index (χ2n) is 2.49. The fourth-order valence-electron chi connectivity index (χ4n) is 0.672. The van der Waals surface area contributed by atoms with E-state index in [2.05, 4.69) is 11.2 Å². The summed E-state index contributed by atoms with van der Waals surface area (Å²) in [4.78, 5) is 10.5. The standard InChI is InChI=1S/C10H15NOS.C2H6/c1-3-4-5-8-13-9-6-7-11-10(2)12;1-2/h1,5,8H,4,6-7,9H2,2H3,(H,11,12);1-2H3/b8-5-;. The molecule has 1 N–H and O–H groups in total. The summed E-state index contributed by atoms with van der Waals surface area (Å²) in [6, 6.07) is 0. The predicted octanol–water partition coefficient (Wildman–Crippen LogP) is 2.81. The van der Waals surface area contributed by atoms with Gasteiger partial charge in [-0.05, 0) is 17.6 Å². The number of rotatable bonds is 6. The molecule has 0 rings (SSSR count). The van der Waals surface area contributed by atoms with Gasteiger partial charge in [0.05, 0.1) is 0 Å². The van der Waals surface area contributed by atoms with E-state index >= 15 is 0 Å². The van der Waals surface area contributed by atoms with Crippen molar-refractivity contribution in [1.29, 1.82) is 0 Å². The van der Waals surface area contributed by atoms with Crippen LogP contribution in [0.3, 0.4) is 0 Å². The first-order chi connectivity index (χ1) is 7.27. The highest BCUT2D eigenvalue weighted by Crippen LogP contribution is 2.03. The lowest BCUT2D eigenvalue weighted by molar-refractivity contribution is -0.118. The van der Waals surface area contributed by atoms with E-state index in [1.54, 1.807) is 11.8 Å². The number of carbonyl (C=O) groups is 1. The van der Waals surface area contributed by atoms with Gasteiger partial charge in [-0.15, -0.1) is 24.1 Å². The van der Waals surface area contributed by atoms with Gasteiger partial charge < -0.3 is 5.32 Å². The van der Waals surface area contributed by atoms with E-state index in [-0.39, 0.29) is 5.91 Å². The first-order valence-corrected chi connectivity index (χ1v) is 6.26. The van der Waals surface area contributed by atoms with E-state index in [1.165, 1.54) is 6.92 Å². The Bertz CT molecular complexity index is 206. The molecule has 0 radical (unpaired) electrons. The normalized spacial score (nSPS) is 8.93. The van der Waals surface area contributed by atoms with Crippen molar-refractivity contribution in [2.75, 3.05) is 12.3 Å². The Kier molecular flexibility index (Phi) is 17.2. The van der Waals surface area contributed by atoms with Gasteiger partial charge in [0.2, 0.25) is 5.91 Å². The molecule has 15 heavy (non-hydrogen) atoms. The smallest absolute Gasteiger partial charge is 0.216 e. The fourth-order valence-corrected chi connectivity index (χ4v) is 1.35. The molecule has 0 aliphatic heterocycles. The predicted molar refractivity (Wildman–Crippen MR) is 69.7 cm³/mol. The van der Waals surface area contributed by atoms with Gasteiger partial charge in [0.25, 0.3) is 0 Å². The van der Waals surface area contributed by atoms with Crippen molar-refractivity contribution >= 4 is 17.7 Å². The van der Waals surface area contributed by atoms with Crippen molar-refractivity contribution in [3.63, 3.8) is 0 Å². The molecule has 0 atom stereocenters. The van der Waals surface area contributed by atoms with Crippen LogP contribution in [0.5, 0.6) is 0 Å². The topological polar surface area (TPSA) is 29.1 Å². The molecule has 0 spiro atoms. The molecular formula is C12H21NOS. The molecule has 0 fully saturated rings. The molecule has 0 aromatic rings. The Labute approximate surface area is 97.9 Å². The second-order valence-corrected chi connectivity index (χ2v) is 3.50. The molecule has 0 heterocycles. The number of hydrogen-bond donors (Lipinski definition) is 1. The lowest BCUT2D eigenvalue weighted by Crippen LogP contribution is -2.21. The van der Waals surface area contributed by atoms with Gasteiger partial charge in [0, 0.05) is 19.9 Å². The number of terminal acetylenes is 1. The SMILES string of the molecule is C#CC/C=C\SCCCNC(C)=O.CC. The summed E-state index contributed by atoms with van der Waals surface area (Å²) in [5.74, 6) is 3.58. The minimum atomic E-state index is 0.0351. The van der Waals surface area contributed by atoms with Crippen LogP contribution < -0.4 is 5.32 Å². The van der Waals surface area contributed by atoms with Crippen LogP contribution in [0.25, 0.3) is 0 Å². The average molecular weight is 227 g/mol. The van der Waals surface area contributed by atoms with E-state index in [0.29, 0.717) is 6.42 Å². The number of allylic oxidation sites excluding steroid dienone is 1. The van der Waals surface area contributed by atoms with Crippen LogP contribution >= 0.6 is 11.8 Å². The van der Waals surface area contributed by atoms with Crippen molar-refractivity contribution in [3.8, 4) is 12.3 Å². The number of nitrogens with one attached hydrogen (secondary N) is 1. The van der Waals surface area contributed by atoms with Crippen LogP contribution in [-0.2, 0) is 4.79 Å². The lowest BCUT2D eigenvalue weighted by Gasteiger charge is -1.98. The van der Waals surface area contributed by atoms with Gasteiger partial charge >= 0.3 is 0 Å². The molecule has 0 saturated carbocycles. The fraction of sp³-hybridized carbons (Fsp3) is 0.583. The molecule has 0 aliphatic rings. The molecule has 0 bridgehead atoms. The maximum Gasteiger partial charge on any atom is 0.216 e. The van der Waals surface area contributed by atoms with Gasteiger partial charge in [-0.3, -0.25) is 4.79 Å². The van der Waals surface area contributed by atoms with Gasteiger partial charge in [-0.2, -0.15) is 0 Å². The summed E-state index contributed by atoms with van der Waals surface area (Å²) in [6.07, 6.45) is 8.71. The maximum absolute atomic E-state index is 10.5. The van der Waals surface area contributed by atoms with Crippen LogP contribution in [0.1, 0.15) is 33.6 Å². The minimum absolute atomic E-state index is 0.0351. The molecular weight excluding hydrogens is 206 g/mol. The Balaban J connectivity index is 0. The second kappa shape index (κ2) is 15.6. The van der Waals surface area contributed by atoms with Crippen LogP contribution in [-0.4, -0.2) is 18.2 Å². The van der Waals surface area contributed by atoms with Crippen molar-refractivity contribution in [2.24, 2.45) is 0 Å². The summed E-state index contributed by atoms with van der Waals surface area (Å²) >= 11 is 1.72. The number of amides is 1. The first kappa shape index (κ1) is 16.5. The summed E-state index contributed by atoms with van der Waals surface area (Å²) in [5, 5.41) is 4.75. The number of hydrogen-bond acceptors (Lipinski definition) is 2. The third kappa shape index (κ3) is 19.5. The van der Waals surface area contributed by atoms with Gasteiger partial charge in [0.15, 0.2) is 0 Å². The molecule has 3 heteroatoms. The third-order valence-corrected chi connectivity index (χ3v) is 2.15. The molecule has 0 aromatic heterocycles. The monoisotopic (exact) mass is 227 g/mol. The molecule has 0 aliphatic carbocycles. The van der Waals surface area contributed by atoms with Gasteiger partial charge in [-0.1, -0.05) is 19.9 Å². The summed E-state index contributed by atoms with van der Waals surface area (Å²) in [6.45, 7) is 6.28. The highest BCUT2D eigenvalue weighted by atomic mass is 32.2. The average Bonchev–Trinajstić information content (AvgIpc) is 2.24. The highest BCUT2D eigenvalue weighted by molar-refractivity contribution is 8.02. The van der Waals surface area contributed by atoms with E-state index in [1.807, 2.05) is 25.3 Å². The van der Waals surface area contributed by atoms with Crippen LogP contribution in [0.2, 0.25) is 0 Å². The third-order valence-electron chi connectivity index (χ3n) is 1.24. The highest BCUT2D eigenvalue weighted by Gasteiger charge is 1.89. The van der Waals surface area contributed by atoms with E-state index in [4.69, 9.17) is 6.42 Å². The Hall–Kier alpha value is -0.880. The van der Waals surface area contributed by atoms with Crippen LogP contribution in [0.15, 0.2) is 11.5 Å². The zero-order chi connectivity index (χ0) is 11.9. The number of thioether (sulfide) groups is 1. The van der Waals surface area contributed by atoms with Crippen molar-refractivity contribution in [1.82, 2.24) is 5.32 Å². The number of carbonyl (C=O) groups excluding carboxylic acids is 1. The molecule has 0 saturated heterocycles. The van der Waals surface area contributed by atoms with E-state index in [9.17, 15) is 4.79 Å². The Morgan fingerprint density at radius 1 is 1.53 bits per heavy atom. The zero-order valence-corrected chi connectivity index (χ0v) is 10.7. The summed E-state index contributed by atoms with van der Waals surface area (Å²) < 4.78 is 0. The van der Waals surface area contributed by atoms with Crippen LogP contribution in [0.4, 0.5) is 0 Å². The summed E-state index contributed by atoms with van der Waals surface area (Å²) in [7, 11) is 0. The van der Waals surface area contributed by atoms with Crippen molar-refractivity contribution in [2.45, 2.75) is 33.6 Å². The molecule has 0 aromatic carbocycles. The Morgan fingerprint density at radius 2 is 2.20 bits per heavy atom. The first-order valence-electron chi connectivity index (χ1n) is 5.22. The molecule has 1 amide bonds. The molecule has 86 valence electrons. The minimum Gasteiger partial charge on any atom is -0.356 e. The lowest BCUT2D eigenvalue weighted by atomic mass is 10.5. The van der Waals surface area contributed by atoms with Crippen LogP contribution in [0, 0.1) is 12.3 Å². The van der Waals surface area contributed by atoms with E-state index < -0.39 is 0 Å². The summed E-state index contributed by atoms with van der Waals surface area (Å²) in [5.41, 5.74) is 0. The van der Waals surface area contributed by atoms with E-state index in [0.717, 1.165) is 18.7 Å².